The molecule has 0 spiro atoms. The third kappa shape index (κ3) is 3.95. The fourth-order valence-corrected chi connectivity index (χ4v) is 3.60. The van der Waals surface area contributed by atoms with Crippen molar-refractivity contribution in [2.45, 2.75) is 51.2 Å². The molecule has 0 bridgehead atoms. The van der Waals surface area contributed by atoms with E-state index in [9.17, 15) is 0 Å². The summed E-state index contributed by atoms with van der Waals surface area (Å²) in [5.74, 6) is 0. The summed E-state index contributed by atoms with van der Waals surface area (Å²) >= 11 is 7.63. The van der Waals surface area contributed by atoms with E-state index in [0.29, 0.717) is 18.1 Å². The molecule has 2 N–H and O–H groups in total. The highest BCUT2D eigenvalue weighted by Crippen LogP contribution is 2.27. The maximum Gasteiger partial charge on any atom is 0.0931 e. The first-order valence-corrected chi connectivity index (χ1v) is 7.59. The van der Waals surface area contributed by atoms with Crippen molar-refractivity contribution >= 4 is 22.9 Å². The van der Waals surface area contributed by atoms with Crippen molar-refractivity contribution < 1.29 is 0 Å². The molecule has 1 aliphatic heterocycles. The minimum absolute atomic E-state index is 0.393. The molecule has 0 aliphatic carbocycles. The van der Waals surface area contributed by atoms with Gasteiger partial charge in [-0.05, 0) is 51.8 Å². The third-order valence-electron chi connectivity index (χ3n) is 3.36. The molecule has 2 heterocycles. The number of hydrogen-bond acceptors (Lipinski definition) is 3. The molecule has 0 radical (unpaired) electrons. The fourth-order valence-electron chi connectivity index (χ4n) is 2.52. The minimum atomic E-state index is 0.393. The van der Waals surface area contributed by atoms with Crippen LogP contribution in [0, 0.1) is 0 Å². The second-order valence-electron chi connectivity index (χ2n) is 4.96. The number of thiophene rings is 1. The number of nitrogens with one attached hydrogen (secondary N) is 2. The van der Waals surface area contributed by atoms with E-state index in [1.54, 1.807) is 11.3 Å². The third-order valence-corrected chi connectivity index (χ3v) is 4.77. The maximum absolute atomic E-state index is 5.96. The fraction of sp³-hybridized carbons (Fsp3) is 0.692. The highest BCUT2D eigenvalue weighted by Gasteiger charge is 2.18. The second-order valence-corrected chi connectivity index (χ2v) is 6.71. The summed E-state index contributed by atoms with van der Waals surface area (Å²) in [5.41, 5.74) is 0. The Hall–Kier alpha value is -0.0900. The lowest BCUT2D eigenvalue weighted by molar-refractivity contribution is 0.410. The molecule has 2 nitrogen and oxygen atoms in total. The van der Waals surface area contributed by atoms with Crippen LogP contribution in [-0.2, 0) is 0 Å². The Morgan fingerprint density at radius 2 is 2.35 bits per heavy atom. The van der Waals surface area contributed by atoms with E-state index < -0.39 is 0 Å². The summed E-state index contributed by atoms with van der Waals surface area (Å²) in [5, 5.41) is 7.19. The summed E-state index contributed by atoms with van der Waals surface area (Å²) < 4.78 is 0.874. The predicted molar refractivity (Wildman–Crippen MR) is 76.0 cm³/mol. The first-order valence-electron chi connectivity index (χ1n) is 6.40. The molecule has 1 aromatic rings. The molecule has 17 heavy (non-hydrogen) atoms. The van der Waals surface area contributed by atoms with Gasteiger partial charge in [0.15, 0.2) is 0 Å². The van der Waals surface area contributed by atoms with Crippen molar-refractivity contribution in [3.05, 3.63) is 21.3 Å². The first-order chi connectivity index (χ1) is 8.15. The molecule has 4 heteroatoms. The van der Waals surface area contributed by atoms with Crippen LogP contribution in [-0.4, -0.2) is 18.6 Å². The number of halogens is 1. The molecule has 3 unspecified atom stereocenters. The van der Waals surface area contributed by atoms with Gasteiger partial charge in [-0.15, -0.1) is 11.3 Å². The Balaban J connectivity index is 1.79. The summed E-state index contributed by atoms with van der Waals surface area (Å²) in [4.78, 5) is 1.32. The van der Waals surface area contributed by atoms with Crippen molar-refractivity contribution in [2.24, 2.45) is 0 Å². The number of rotatable bonds is 5. The lowest BCUT2D eigenvalue weighted by atomic mass is 10.1. The Labute approximate surface area is 113 Å². The highest BCUT2D eigenvalue weighted by molar-refractivity contribution is 7.16. The summed E-state index contributed by atoms with van der Waals surface area (Å²) in [6.45, 7) is 5.67. The molecular formula is C13H21ClN2S. The monoisotopic (exact) mass is 272 g/mol. The lowest BCUT2D eigenvalue weighted by Gasteiger charge is -2.22. The van der Waals surface area contributed by atoms with Gasteiger partial charge in [-0.2, -0.15) is 0 Å². The van der Waals surface area contributed by atoms with Crippen LogP contribution in [0.25, 0.3) is 0 Å². The van der Waals surface area contributed by atoms with E-state index in [2.05, 4.69) is 30.5 Å². The molecule has 0 aromatic carbocycles. The molecular weight excluding hydrogens is 252 g/mol. The molecule has 1 aromatic heterocycles. The normalized spacial score (nSPS) is 23.8. The van der Waals surface area contributed by atoms with E-state index in [1.165, 1.54) is 30.7 Å². The molecule has 96 valence electrons. The molecule has 1 aliphatic rings. The Bertz CT molecular complexity index is 347. The second kappa shape index (κ2) is 6.19. The van der Waals surface area contributed by atoms with E-state index >= 15 is 0 Å². The molecule has 1 fully saturated rings. The van der Waals surface area contributed by atoms with Gasteiger partial charge in [0.2, 0.25) is 0 Å². The topological polar surface area (TPSA) is 24.1 Å². The van der Waals surface area contributed by atoms with Crippen LogP contribution in [0.2, 0.25) is 4.34 Å². The van der Waals surface area contributed by atoms with Crippen LogP contribution >= 0.6 is 22.9 Å². The smallest absolute Gasteiger partial charge is 0.0931 e. The predicted octanol–water partition coefficient (Wildman–Crippen LogP) is 3.58. The largest absolute Gasteiger partial charge is 0.314 e. The lowest BCUT2D eigenvalue weighted by Crippen LogP contribution is -2.35. The SMILES string of the molecule is CC(CC1CCCN1)NC(C)c1ccc(Cl)s1. The Morgan fingerprint density at radius 3 is 2.94 bits per heavy atom. The quantitative estimate of drug-likeness (QED) is 0.856. The molecule has 0 saturated carbocycles. The maximum atomic E-state index is 5.96. The van der Waals surface area contributed by atoms with Crippen LogP contribution in [0.4, 0.5) is 0 Å². The minimum Gasteiger partial charge on any atom is -0.314 e. The summed E-state index contributed by atoms with van der Waals surface area (Å²) in [6.07, 6.45) is 3.86. The van der Waals surface area contributed by atoms with Gasteiger partial charge in [-0.3, -0.25) is 0 Å². The highest BCUT2D eigenvalue weighted by atomic mass is 35.5. The summed E-state index contributed by atoms with van der Waals surface area (Å²) in [6, 6.07) is 5.73. The molecule has 3 atom stereocenters. The zero-order valence-corrected chi connectivity index (χ0v) is 12.1. The van der Waals surface area contributed by atoms with E-state index in [-0.39, 0.29) is 0 Å². The van der Waals surface area contributed by atoms with E-state index in [4.69, 9.17) is 11.6 Å². The van der Waals surface area contributed by atoms with Gasteiger partial charge in [0.25, 0.3) is 0 Å². The van der Waals surface area contributed by atoms with Gasteiger partial charge in [0.1, 0.15) is 0 Å². The van der Waals surface area contributed by atoms with Crippen LogP contribution in [0.1, 0.15) is 44.0 Å². The molecule has 1 saturated heterocycles. The van der Waals surface area contributed by atoms with Crippen molar-refractivity contribution in [1.29, 1.82) is 0 Å². The van der Waals surface area contributed by atoms with Crippen LogP contribution in [0.15, 0.2) is 12.1 Å². The van der Waals surface area contributed by atoms with E-state index in [1.807, 2.05) is 6.07 Å². The standard InChI is InChI=1S/C13H21ClN2S/c1-9(8-11-4-3-7-15-11)16-10(2)12-5-6-13(14)17-12/h5-6,9-11,15-16H,3-4,7-8H2,1-2H3. The van der Waals surface area contributed by atoms with Crippen LogP contribution in [0.3, 0.4) is 0 Å². The van der Waals surface area contributed by atoms with E-state index in [0.717, 1.165) is 4.34 Å². The average molecular weight is 273 g/mol. The van der Waals surface area contributed by atoms with Crippen LogP contribution < -0.4 is 10.6 Å². The van der Waals surface area contributed by atoms with Crippen molar-refractivity contribution in [2.75, 3.05) is 6.54 Å². The van der Waals surface area contributed by atoms with Crippen molar-refractivity contribution in [3.63, 3.8) is 0 Å². The van der Waals surface area contributed by atoms with Gasteiger partial charge in [-0.25, -0.2) is 0 Å². The average Bonchev–Trinajstić information content (AvgIpc) is 2.89. The molecule has 2 rings (SSSR count). The zero-order valence-electron chi connectivity index (χ0n) is 10.5. The first kappa shape index (κ1) is 13.3. The van der Waals surface area contributed by atoms with Crippen molar-refractivity contribution in [1.82, 2.24) is 10.6 Å². The Kier molecular flexibility index (Phi) is 4.86. The van der Waals surface area contributed by atoms with Crippen LogP contribution in [0.5, 0.6) is 0 Å². The van der Waals surface area contributed by atoms with Crippen molar-refractivity contribution in [3.8, 4) is 0 Å². The van der Waals surface area contributed by atoms with Gasteiger partial charge >= 0.3 is 0 Å². The molecule has 0 amide bonds. The summed E-state index contributed by atoms with van der Waals surface area (Å²) in [7, 11) is 0. The number of hydrogen-bond donors (Lipinski definition) is 2. The zero-order chi connectivity index (χ0) is 12.3. The van der Waals surface area contributed by atoms with Gasteiger partial charge in [0, 0.05) is 23.0 Å². The Morgan fingerprint density at radius 1 is 1.53 bits per heavy atom. The van der Waals surface area contributed by atoms with Gasteiger partial charge < -0.3 is 10.6 Å². The van der Waals surface area contributed by atoms with Gasteiger partial charge in [-0.1, -0.05) is 11.6 Å². The van der Waals surface area contributed by atoms with Gasteiger partial charge in [0.05, 0.1) is 4.34 Å².